The van der Waals surface area contributed by atoms with Crippen molar-refractivity contribution in [3.8, 4) is 5.75 Å². The average molecular weight is 372 g/mol. The van der Waals surface area contributed by atoms with Crippen molar-refractivity contribution in [3.05, 3.63) is 41.3 Å². The molecule has 0 saturated heterocycles. The van der Waals surface area contributed by atoms with Crippen molar-refractivity contribution in [1.82, 2.24) is 19.7 Å². The number of nitrogens with zero attached hydrogens (tertiary/aromatic N) is 4. The van der Waals surface area contributed by atoms with Gasteiger partial charge in [0.25, 0.3) is 0 Å². The van der Waals surface area contributed by atoms with Crippen LogP contribution < -0.4 is 10.1 Å². The summed E-state index contributed by atoms with van der Waals surface area (Å²) in [7, 11) is 0. The Balaban J connectivity index is 1.75. The number of rotatable bonds is 2. The number of anilines is 1. The van der Waals surface area contributed by atoms with E-state index in [1.165, 1.54) is 0 Å². The molecule has 0 amide bonds. The third-order valence-corrected chi connectivity index (χ3v) is 4.87. The Bertz CT molecular complexity index is 947. The largest absolute Gasteiger partial charge is 0.492 e. The van der Waals surface area contributed by atoms with Gasteiger partial charge in [-0.1, -0.05) is 23.7 Å². The second-order valence-corrected chi connectivity index (χ2v) is 7.94. The van der Waals surface area contributed by atoms with Gasteiger partial charge in [0.05, 0.1) is 34.8 Å². The van der Waals surface area contributed by atoms with Gasteiger partial charge in [-0.25, -0.2) is 14.6 Å². The lowest BCUT2D eigenvalue weighted by molar-refractivity contribution is 0.316. The van der Waals surface area contributed by atoms with Crippen molar-refractivity contribution in [2.45, 2.75) is 45.2 Å². The van der Waals surface area contributed by atoms with E-state index < -0.39 is 0 Å². The second kappa shape index (κ2) is 6.43. The summed E-state index contributed by atoms with van der Waals surface area (Å²) in [5.41, 5.74) is 1.74. The van der Waals surface area contributed by atoms with Crippen LogP contribution in [0, 0.1) is 0 Å². The molecule has 3 aromatic rings. The SMILES string of the molecule is CC(C)(C)n1ncc2c(NC3CCCOc4c(Cl)cccc43)ncnc21. The molecule has 0 radical (unpaired) electrons. The van der Waals surface area contributed by atoms with Gasteiger partial charge in [-0.3, -0.25) is 0 Å². The van der Waals surface area contributed by atoms with E-state index in [-0.39, 0.29) is 11.6 Å². The van der Waals surface area contributed by atoms with E-state index in [1.54, 1.807) is 6.33 Å². The summed E-state index contributed by atoms with van der Waals surface area (Å²) < 4.78 is 7.79. The fourth-order valence-corrected chi connectivity index (χ4v) is 3.57. The zero-order valence-corrected chi connectivity index (χ0v) is 15.9. The van der Waals surface area contributed by atoms with Crippen molar-refractivity contribution in [2.75, 3.05) is 11.9 Å². The van der Waals surface area contributed by atoms with Crippen LogP contribution in [-0.2, 0) is 5.54 Å². The number of hydrogen-bond acceptors (Lipinski definition) is 5. The molecular weight excluding hydrogens is 350 g/mol. The number of benzene rings is 1. The van der Waals surface area contributed by atoms with Crippen LogP contribution in [0.4, 0.5) is 5.82 Å². The Labute approximate surface area is 157 Å². The monoisotopic (exact) mass is 371 g/mol. The predicted octanol–water partition coefficient (Wildman–Crippen LogP) is 4.56. The first kappa shape index (κ1) is 17.1. The first-order valence-corrected chi connectivity index (χ1v) is 9.20. The third-order valence-electron chi connectivity index (χ3n) is 4.57. The quantitative estimate of drug-likeness (QED) is 0.715. The van der Waals surface area contributed by atoms with Crippen LogP contribution in [0.25, 0.3) is 11.0 Å². The van der Waals surface area contributed by atoms with Gasteiger partial charge in [0.1, 0.15) is 17.9 Å². The molecule has 4 rings (SSSR count). The summed E-state index contributed by atoms with van der Waals surface area (Å²) in [5.74, 6) is 1.54. The molecule has 2 aromatic heterocycles. The average Bonchev–Trinajstić information content (AvgIpc) is 2.94. The Kier molecular flexibility index (Phi) is 4.23. The molecule has 1 aliphatic rings. The Morgan fingerprint density at radius 1 is 1.27 bits per heavy atom. The number of halogens is 1. The Hall–Kier alpha value is -2.34. The zero-order valence-electron chi connectivity index (χ0n) is 15.2. The maximum absolute atomic E-state index is 6.34. The standard InChI is InChI=1S/C19H22ClN5O/c1-19(2,3)25-18-13(10-23-25)17(21-11-22-18)24-15-8-5-9-26-16-12(15)6-4-7-14(16)20/h4,6-7,10-11,15H,5,8-9H2,1-3H3,(H,21,22,24). The number of para-hydroxylation sites is 1. The predicted molar refractivity (Wildman–Crippen MR) is 103 cm³/mol. The normalized spacial score (nSPS) is 17.5. The van der Waals surface area contributed by atoms with E-state index in [4.69, 9.17) is 16.3 Å². The molecule has 136 valence electrons. The molecular formula is C19H22ClN5O. The highest BCUT2D eigenvalue weighted by molar-refractivity contribution is 6.32. The van der Waals surface area contributed by atoms with Crippen molar-refractivity contribution in [3.63, 3.8) is 0 Å². The zero-order chi connectivity index (χ0) is 18.3. The summed E-state index contributed by atoms with van der Waals surface area (Å²) in [6.07, 6.45) is 5.29. The van der Waals surface area contributed by atoms with Gasteiger partial charge in [0.2, 0.25) is 0 Å². The van der Waals surface area contributed by atoms with Crippen LogP contribution in [0.5, 0.6) is 5.75 Å². The number of nitrogens with one attached hydrogen (secondary N) is 1. The lowest BCUT2D eigenvalue weighted by atomic mass is 10.0. The molecule has 6 nitrogen and oxygen atoms in total. The molecule has 0 aliphatic carbocycles. The van der Waals surface area contributed by atoms with Gasteiger partial charge in [0.15, 0.2) is 5.65 Å². The van der Waals surface area contributed by atoms with Gasteiger partial charge in [-0.05, 0) is 39.7 Å². The number of ether oxygens (including phenoxy) is 1. The van der Waals surface area contributed by atoms with Gasteiger partial charge >= 0.3 is 0 Å². The van der Waals surface area contributed by atoms with Crippen molar-refractivity contribution >= 4 is 28.5 Å². The molecule has 3 heterocycles. The topological polar surface area (TPSA) is 64.9 Å². The number of hydrogen-bond donors (Lipinski definition) is 1. The van der Waals surface area contributed by atoms with Gasteiger partial charge < -0.3 is 10.1 Å². The lowest BCUT2D eigenvalue weighted by Gasteiger charge is -2.21. The second-order valence-electron chi connectivity index (χ2n) is 7.53. The smallest absolute Gasteiger partial charge is 0.163 e. The van der Waals surface area contributed by atoms with Crippen LogP contribution in [0.2, 0.25) is 5.02 Å². The lowest BCUT2D eigenvalue weighted by Crippen LogP contribution is -2.23. The molecule has 1 N–H and O–H groups in total. The maximum atomic E-state index is 6.34. The minimum atomic E-state index is -0.149. The summed E-state index contributed by atoms with van der Waals surface area (Å²) in [6, 6.07) is 5.94. The highest BCUT2D eigenvalue weighted by atomic mass is 35.5. The summed E-state index contributed by atoms with van der Waals surface area (Å²) in [5, 5.41) is 9.65. The molecule has 1 aromatic carbocycles. The minimum absolute atomic E-state index is 0.0716. The fraction of sp³-hybridized carbons (Fsp3) is 0.421. The van der Waals surface area contributed by atoms with Crippen LogP contribution in [0.1, 0.15) is 45.2 Å². The molecule has 1 aliphatic heterocycles. The molecule has 0 saturated carbocycles. The van der Waals surface area contributed by atoms with E-state index in [2.05, 4.69) is 47.2 Å². The van der Waals surface area contributed by atoms with Crippen LogP contribution in [0.15, 0.2) is 30.7 Å². The molecule has 0 spiro atoms. The van der Waals surface area contributed by atoms with Gasteiger partial charge in [-0.2, -0.15) is 5.10 Å². The molecule has 0 bridgehead atoms. The Morgan fingerprint density at radius 2 is 2.12 bits per heavy atom. The molecule has 1 atom stereocenters. The van der Waals surface area contributed by atoms with Gasteiger partial charge in [0, 0.05) is 5.56 Å². The van der Waals surface area contributed by atoms with Gasteiger partial charge in [-0.15, -0.1) is 0 Å². The van der Waals surface area contributed by atoms with Crippen LogP contribution in [-0.4, -0.2) is 26.4 Å². The van der Waals surface area contributed by atoms with E-state index >= 15 is 0 Å². The van der Waals surface area contributed by atoms with Crippen molar-refractivity contribution in [2.24, 2.45) is 0 Å². The molecule has 7 heteroatoms. The van der Waals surface area contributed by atoms with E-state index in [0.29, 0.717) is 11.6 Å². The van der Waals surface area contributed by atoms with E-state index in [0.717, 1.165) is 41.0 Å². The molecule has 0 fully saturated rings. The minimum Gasteiger partial charge on any atom is -0.492 e. The first-order valence-electron chi connectivity index (χ1n) is 8.82. The van der Waals surface area contributed by atoms with E-state index in [9.17, 15) is 0 Å². The molecule has 26 heavy (non-hydrogen) atoms. The third kappa shape index (κ3) is 2.98. The Morgan fingerprint density at radius 3 is 2.92 bits per heavy atom. The fourth-order valence-electron chi connectivity index (χ4n) is 3.33. The molecule has 1 unspecified atom stereocenters. The van der Waals surface area contributed by atoms with Crippen LogP contribution >= 0.6 is 11.6 Å². The maximum Gasteiger partial charge on any atom is 0.163 e. The number of aromatic nitrogens is 4. The van der Waals surface area contributed by atoms with Crippen LogP contribution in [0.3, 0.4) is 0 Å². The van der Waals surface area contributed by atoms with E-state index in [1.807, 2.05) is 23.0 Å². The highest BCUT2D eigenvalue weighted by Crippen LogP contribution is 2.39. The van der Waals surface area contributed by atoms with Crippen molar-refractivity contribution in [1.29, 1.82) is 0 Å². The first-order chi connectivity index (χ1) is 12.4. The van der Waals surface area contributed by atoms with Crippen molar-refractivity contribution < 1.29 is 4.74 Å². The summed E-state index contributed by atoms with van der Waals surface area (Å²) in [6.45, 7) is 6.98. The summed E-state index contributed by atoms with van der Waals surface area (Å²) >= 11 is 6.34. The number of fused-ring (bicyclic) bond motifs is 2. The highest BCUT2D eigenvalue weighted by Gasteiger charge is 2.24. The summed E-state index contributed by atoms with van der Waals surface area (Å²) in [4.78, 5) is 8.91.